The van der Waals surface area contributed by atoms with Gasteiger partial charge in [0.25, 0.3) is 0 Å². The molecule has 0 aliphatic rings. The van der Waals surface area contributed by atoms with Gasteiger partial charge in [0.15, 0.2) is 5.83 Å². The lowest BCUT2D eigenvalue weighted by Gasteiger charge is -2.22. The topological polar surface area (TPSA) is 12.5 Å². The molecule has 0 aliphatic heterocycles. The molecule has 1 atom stereocenters. The summed E-state index contributed by atoms with van der Waals surface area (Å²) in [5.74, 6) is -3.64. The third-order valence-corrected chi connectivity index (χ3v) is 4.54. The molecule has 7 heteroatoms. The summed E-state index contributed by atoms with van der Waals surface area (Å²) in [6.07, 6.45) is 0.736. The number of benzene rings is 1. The highest BCUT2D eigenvalue weighted by molar-refractivity contribution is 9.12. The van der Waals surface area contributed by atoms with Crippen LogP contribution in [0.5, 0.6) is 5.75 Å². The van der Waals surface area contributed by atoms with E-state index in [4.69, 9.17) is 0 Å². The predicted octanol–water partition coefficient (Wildman–Crippen LogP) is 6.21. The SMILES string of the molecule is CC/C(C)=C(Br)/C(F)=C(/C)N(C)c1ccc(OC(F)(F)P)cc1. The Balaban J connectivity index is 3.03. The van der Waals surface area contributed by atoms with E-state index in [1.54, 1.807) is 31.0 Å². The van der Waals surface area contributed by atoms with Gasteiger partial charge in [-0.3, -0.25) is 0 Å². The molecule has 1 aromatic rings. The lowest BCUT2D eigenvalue weighted by molar-refractivity contribution is -0.0892. The molecule has 0 aromatic heterocycles. The van der Waals surface area contributed by atoms with Gasteiger partial charge in [0.05, 0.1) is 10.2 Å². The Bertz CT molecular complexity index is 609. The summed E-state index contributed by atoms with van der Waals surface area (Å²) >= 11 is 3.27. The van der Waals surface area contributed by atoms with Crippen LogP contribution in [-0.2, 0) is 0 Å². The second-order valence-electron chi connectivity index (χ2n) is 5.06. The fourth-order valence-electron chi connectivity index (χ4n) is 1.74. The molecular formula is C16H20BrF3NOP. The predicted molar refractivity (Wildman–Crippen MR) is 95.9 cm³/mol. The molecule has 0 bridgehead atoms. The Morgan fingerprint density at radius 2 is 1.78 bits per heavy atom. The fraction of sp³-hybridized carbons (Fsp3) is 0.375. The molecule has 0 spiro atoms. The van der Waals surface area contributed by atoms with Crippen LogP contribution in [0.4, 0.5) is 18.9 Å². The van der Waals surface area contributed by atoms with E-state index in [1.807, 2.05) is 13.8 Å². The zero-order valence-electron chi connectivity index (χ0n) is 13.5. The summed E-state index contributed by atoms with van der Waals surface area (Å²) < 4.78 is 44.9. The van der Waals surface area contributed by atoms with Crippen molar-refractivity contribution in [2.45, 2.75) is 33.0 Å². The standard InChI is InChI=1S/C16H20BrF3NOP/c1-5-10(2)14(17)15(18)11(3)21(4)12-6-8-13(9-7-12)22-16(19,20)23/h6-9H,5,23H2,1-4H3/b14-10-,15-11+. The van der Waals surface area contributed by atoms with Crippen molar-refractivity contribution in [2.75, 3.05) is 11.9 Å². The van der Waals surface area contributed by atoms with Gasteiger partial charge in [0.2, 0.25) is 0 Å². The van der Waals surface area contributed by atoms with Gasteiger partial charge in [-0.05, 0) is 69.7 Å². The molecule has 0 saturated heterocycles. The summed E-state index contributed by atoms with van der Waals surface area (Å²) in [4.78, 5) is 1.64. The summed E-state index contributed by atoms with van der Waals surface area (Å²) in [7, 11) is 3.02. The number of hydrogen-bond acceptors (Lipinski definition) is 2. The van der Waals surface area contributed by atoms with Crippen molar-refractivity contribution in [3.8, 4) is 5.75 Å². The van der Waals surface area contributed by atoms with Gasteiger partial charge >= 0.3 is 5.85 Å². The fourth-order valence-corrected chi connectivity index (χ4v) is 2.44. The van der Waals surface area contributed by atoms with E-state index in [1.165, 1.54) is 21.4 Å². The second kappa shape index (κ2) is 8.20. The first kappa shape index (κ1) is 20.0. The number of ether oxygens (including phenoxy) is 1. The van der Waals surface area contributed by atoms with Crippen molar-refractivity contribution in [3.63, 3.8) is 0 Å². The van der Waals surface area contributed by atoms with Crippen LogP contribution < -0.4 is 9.64 Å². The third-order valence-electron chi connectivity index (χ3n) is 3.40. The molecule has 0 saturated carbocycles. The van der Waals surface area contributed by atoms with Crippen molar-refractivity contribution in [1.29, 1.82) is 0 Å². The first-order valence-electron chi connectivity index (χ1n) is 6.98. The van der Waals surface area contributed by atoms with Crippen LogP contribution >= 0.6 is 25.2 Å². The molecule has 2 nitrogen and oxygen atoms in total. The van der Waals surface area contributed by atoms with Crippen LogP contribution in [0.3, 0.4) is 0 Å². The Kier molecular flexibility index (Phi) is 7.15. The highest BCUT2D eigenvalue weighted by atomic mass is 79.9. The van der Waals surface area contributed by atoms with E-state index in [0.717, 1.165) is 12.0 Å². The molecule has 128 valence electrons. The molecule has 0 radical (unpaired) electrons. The van der Waals surface area contributed by atoms with Crippen molar-refractivity contribution in [1.82, 2.24) is 0 Å². The third kappa shape index (κ3) is 5.85. The molecule has 0 aliphatic carbocycles. The number of nitrogens with zero attached hydrogens (tertiary/aromatic N) is 1. The normalized spacial score (nSPS) is 14.1. The highest BCUT2D eigenvalue weighted by Gasteiger charge is 2.23. The zero-order valence-corrected chi connectivity index (χ0v) is 16.2. The maximum atomic E-state index is 14.5. The maximum Gasteiger partial charge on any atom is 0.408 e. The molecule has 1 aromatic carbocycles. The average Bonchev–Trinajstić information content (AvgIpc) is 2.50. The van der Waals surface area contributed by atoms with E-state index in [2.05, 4.69) is 20.7 Å². The van der Waals surface area contributed by atoms with Crippen molar-refractivity contribution in [2.24, 2.45) is 0 Å². The van der Waals surface area contributed by atoms with Crippen LogP contribution in [0.25, 0.3) is 0 Å². The monoisotopic (exact) mass is 409 g/mol. The summed E-state index contributed by atoms with van der Waals surface area (Å²) in [6.45, 7) is 5.45. The number of rotatable bonds is 6. The zero-order chi connectivity index (χ0) is 17.8. The van der Waals surface area contributed by atoms with Crippen LogP contribution in [0.15, 0.2) is 45.8 Å². The first-order valence-corrected chi connectivity index (χ1v) is 8.35. The summed E-state index contributed by atoms with van der Waals surface area (Å²) in [6, 6.07) is 6.01. The van der Waals surface area contributed by atoms with Crippen LogP contribution in [0.2, 0.25) is 0 Å². The molecule has 0 heterocycles. The van der Waals surface area contributed by atoms with Gasteiger partial charge in [-0.2, -0.15) is 8.78 Å². The summed E-state index contributed by atoms with van der Waals surface area (Å²) in [5, 5.41) is 0. The van der Waals surface area contributed by atoms with Crippen molar-refractivity contribution >= 4 is 30.9 Å². The molecule has 23 heavy (non-hydrogen) atoms. The van der Waals surface area contributed by atoms with Crippen LogP contribution in [0.1, 0.15) is 27.2 Å². The minimum atomic E-state index is -3.32. The van der Waals surface area contributed by atoms with Gasteiger partial charge in [-0.25, -0.2) is 4.39 Å². The number of hydrogen-bond donors (Lipinski definition) is 0. The van der Waals surface area contributed by atoms with Gasteiger partial charge < -0.3 is 9.64 Å². The maximum absolute atomic E-state index is 14.5. The van der Waals surface area contributed by atoms with E-state index < -0.39 is 5.85 Å². The van der Waals surface area contributed by atoms with E-state index >= 15 is 0 Å². The van der Waals surface area contributed by atoms with Gasteiger partial charge in [-0.15, -0.1) is 0 Å². The number of anilines is 1. The molecule has 1 unspecified atom stereocenters. The Morgan fingerprint density at radius 3 is 2.22 bits per heavy atom. The molecule has 0 amide bonds. The van der Waals surface area contributed by atoms with Gasteiger partial charge in [-0.1, -0.05) is 12.5 Å². The minimum Gasteiger partial charge on any atom is -0.430 e. The quantitative estimate of drug-likeness (QED) is 0.409. The molecule has 0 N–H and O–H groups in total. The van der Waals surface area contributed by atoms with Crippen molar-refractivity contribution < 1.29 is 17.9 Å². The molecule has 1 rings (SSSR count). The smallest absolute Gasteiger partial charge is 0.408 e. The Morgan fingerprint density at radius 1 is 1.26 bits per heavy atom. The van der Waals surface area contributed by atoms with Gasteiger partial charge in [0, 0.05) is 12.7 Å². The molecule has 0 fully saturated rings. The van der Waals surface area contributed by atoms with Crippen molar-refractivity contribution in [3.05, 3.63) is 45.8 Å². The Labute approximate surface area is 145 Å². The highest BCUT2D eigenvalue weighted by Crippen LogP contribution is 2.32. The lowest BCUT2D eigenvalue weighted by Crippen LogP contribution is -2.17. The number of halogens is 4. The lowest BCUT2D eigenvalue weighted by atomic mass is 10.2. The average molecular weight is 410 g/mol. The minimum absolute atomic E-state index is 0.0344. The van der Waals surface area contributed by atoms with Gasteiger partial charge in [0.1, 0.15) is 5.75 Å². The summed E-state index contributed by atoms with van der Waals surface area (Å²) in [5.41, 5.74) is 1.97. The van der Waals surface area contributed by atoms with Crippen LogP contribution in [-0.4, -0.2) is 12.9 Å². The largest absolute Gasteiger partial charge is 0.430 e. The van der Waals surface area contributed by atoms with E-state index in [0.29, 0.717) is 15.9 Å². The Hall–Kier alpha value is -1.00. The number of allylic oxidation sites excluding steroid dienone is 4. The first-order chi connectivity index (χ1) is 10.6. The van der Waals surface area contributed by atoms with Crippen LogP contribution in [0, 0.1) is 0 Å². The second-order valence-corrected chi connectivity index (χ2v) is 6.53. The van der Waals surface area contributed by atoms with E-state index in [9.17, 15) is 13.2 Å². The van der Waals surface area contributed by atoms with E-state index in [-0.39, 0.29) is 11.6 Å². The molecular weight excluding hydrogens is 390 g/mol. The number of alkyl halides is 2.